The molecule has 1 N–H and O–H groups in total. The number of amides is 1. The fourth-order valence-corrected chi connectivity index (χ4v) is 2.42. The molecule has 0 aliphatic carbocycles. The van der Waals surface area contributed by atoms with Crippen molar-refractivity contribution in [3.05, 3.63) is 0 Å². The highest BCUT2D eigenvalue weighted by atomic mass is 16.5. The number of aliphatic carboxylic acids is 1. The minimum atomic E-state index is -1.01. The Balaban J connectivity index is 2.57. The molecule has 20 heavy (non-hydrogen) atoms. The highest BCUT2D eigenvalue weighted by Crippen LogP contribution is 2.32. The topological polar surface area (TPSA) is 66.8 Å². The largest absolute Gasteiger partial charge is 0.481 e. The molecule has 1 amide bonds. The summed E-state index contributed by atoms with van der Waals surface area (Å²) in [6.45, 7) is 7.48. The zero-order chi connectivity index (χ0) is 15.3. The van der Waals surface area contributed by atoms with Crippen LogP contribution in [0.25, 0.3) is 0 Å². The fraction of sp³-hybridized carbons (Fsp3) is 0.867. The normalized spacial score (nSPS) is 22.4. The van der Waals surface area contributed by atoms with Crippen LogP contribution in [0, 0.1) is 17.3 Å². The van der Waals surface area contributed by atoms with E-state index < -0.39 is 11.4 Å². The molecule has 1 aliphatic heterocycles. The Morgan fingerprint density at radius 3 is 2.55 bits per heavy atom. The molecule has 1 fully saturated rings. The summed E-state index contributed by atoms with van der Waals surface area (Å²) < 4.78 is 5.41. The summed E-state index contributed by atoms with van der Waals surface area (Å²) in [4.78, 5) is 25.3. The average Bonchev–Trinajstić information content (AvgIpc) is 2.39. The van der Waals surface area contributed by atoms with Gasteiger partial charge in [0, 0.05) is 26.6 Å². The lowest BCUT2D eigenvalue weighted by molar-refractivity contribution is -0.155. The first-order chi connectivity index (χ1) is 9.27. The number of hydrogen-bond donors (Lipinski definition) is 1. The van der Waals surface area contributed by atoms with Gasteiger partial charge in [0.1, 0.15) is 0 Å². The number of carboxylic acids is 1. The molecule has 1 heterocycles. The molecule has 1 rings (SSSR count). The van der Waals surface area contributed by atoms with Gasteiger partial charge in [0.2, 0.25) is 5.91 Å². The van der Waals surface area contributed by atoms with Gasteiger partial charge in [-0.05, 0) is 31.6 Å². The van der Waals surface area contributed by atoms with Crippen molar-refractivity contribution in [3.8, 4) is 0 Å². The van der Waals surface area contributed by atoms with Gasteiger partial charge in [-0.3, -0.25) is 9.59 Å². The van der Waals surface area contributed by atoms with Gasteiger partial charge in [0.15, 0.2) is 0 Å². The molecular weight excluding hydrogens is 258 g/mol. The Bertz CT molecular complexity index is 350. The molecular formula is C15H27NO4. The SMILES string of the molecule is CC(C)C(C)(CC(=O)N(C)CC1CCCOC1)C(=O)O. The standard InChI is InChI=1S/C15H27NO4/c1-11(2)15(3,14(18)19)8-13(17)16(4)9-12-6-5-7-20-10-12/h11-12H,5-10H2,1-4H3,(H,18,19). The van der Waals surface area contributed by atoms with Crippen LogP contribution in [0.4, 0.5) is 0 Å². The van der Waals surface area contributed by atoms with Crippen molar-refractivity contribution in [1.29, 1.82) is 0 Å². The summed E-state index contributed by atoms with van der Waals surface area (Å²) in [6, 6.07) is 0. The van der Waals surface area contributed by atoms with E-state index in [0.29, 0.717) is 19.1 Å². The zero-order valence-corrected chi connectivity index (χ0v) is 13.0. The van der Waals surface area contributed by atoms with Gasteiger partial charge in [0.05, 0.1) is 12.0 Å². The third-order valence-corrected chi connectivity index (χ3v) is 4.49. The van der Waals surface area contributed by atoms with Crippen LogP contribution < -0.4 is 0 Å². The lowest BCUT2D eigenvalue weighted by Gasteiger charge is -2.32. The molecule has 0 aromatic heterocycles. The van der Waals surface area contributed by atoms with E-state index in [9.17, 15) is 14.7 Å². The maximum absolute atomic E-state index is 12.3. The van der Waals surface area contributed by atoms with Gasteiger partial charge >= 0.3 is 5.97 Å². The molecule has 5 nitrogen and oxygen atoms in total. The van der Waals surface area contributed by atoms with E-state index in [1.807, 2.05) is 13.8 Å². The smallest absolute Gasteiger partial charge is 0.310 e. The van der Waals surface area contributed by atoms with Gasteiger partial charge in [-0.25, -0.2) is 0 Å². The summed E-state index contributed by atoms with van der Waals surface area (Å²) in [7, 11) is 1.75. The second-order valence-electron chi connectivity index (χ2n) is 6.41. The van der Waals surface area contributed by atoms with Crippen LogP contribution in [0.1, 0.15) is 40.0 Å². The number of hydrogen-bond acceptors (Lipinski definition) is 3. The van der Waals surface area contributed by atoms with Crippen LogP contribution in [-0.4, -0.2) is 48.7 Å². The predicted octanol–water partition coefficient (Wildman–Crippen LogP) is 2.01. The van der Waals surface area contributed by atoms with Crippen LogP contribution in [0.15, 0.2) is 0 Å². The van der Waals surface area contributed by atoms with Gasteiger partial charge in [0.25, 0.3) is 0 Å². The van der Waals surface area contributed by atoms with Crippen molar-refractivity contribution in [1.82, 2.24) is 4.90 Å². The molecule has 5 heteroatoms. The fourth-order valence-electron chi connectivity index (χ4n) is 2.42. The third kappa shape index (κ3) is 4.20. The summed E-state index contributed by atoms with van der Waals surface area (Å²) in [5, 5.41) is 9.36. The van der Waals surface area contributed by atoms with Crippen molar-refractivity contribution < 1.29 is 19.4 Å². The van der Waals surface area contributed by atoms with Crippen molar-refractivity contribution in [2.45, 2.75) is 40.0 Å². The van der Waals surface area contributed by atoms with Crippen LogP contribution >= 0.6 is 0 Å². The summed E-state index contributed by atoms with van der Waals surface area (Å²) in [6.07, 6.45) is 2.15. The number of rotatable bonds is 6. The Kier molecular flexibility index (Phi) is 5.99. The van der Waals surface area contributed by atoms with E-state index in [-0.39, 0.29) is 18.2 Å². The van der Waals surface area contributed by atoms with Gasteiger partial charge in [-0.15, -0.1) is 0 Å². The number of carbonyl (C=O) groups is 2. The quantitative estimate of drug-likeness (QED) is 0.810. The van der Waals surface area contributed by atoms with Crippen LogP contribution in [0.5, 0.6) is 0 Å². The monoisotopic (exact) mass is 285 g/mol. The van der Waals surface area contributed by atoms with E-state index in [0.717, 1.165) is 19.4 Å². The number of carbonyl (C=O) groups excluding carboxylic acids is 1. The van der Waals surface area contributed by atoms with E-state index in [1.54, 1.807) is 18.9 Å². The molecule has 0 saturated carbocycles. The molecule has 2 unspecified atom stereocenters. The minimum Gasteiger partial charge on any atom is -0.481 e. The predicted molar refractivity (Wildman–Crippen MR) is 76.4 cm³/mol. The molecule has 1 saturated heterocycles. The molecule has 0 bridgehead atoms. The Morgan fingerprint density at radius 1 is 1.45 bits per heavy atom. The van der Waals surface area contributed by atoms with Gasteiger partial charge in [-0.2, -0.15) is 0 Å². The summed E-state index contributed by atoms with van der Waals surface area (Å²) in [5.41, 5.74) is -1.01. The lowest BCUT2D eigenvalue weighted by Crippen LogP contribution is -2.41. The minimum absolute atomic E-state index is 0.0457. The van der Waals surface area contributed by atoms with Crippen molar-refractivity contribution in [2.24, 2.45) is 17.3 Å². The molecule has 2 atom stereocenters. The maximum atomic E-state index is 12.3. The first-order valence-corrected chi connectivity index (χ1v) is 7.32. The molecule has 1 aliphatic rings. The van der Waals surface area contributed by atoms with Crippen molar-refractivity contribution >= 4 is 11.9 Å². The van der Waals surface area contributed by atoms with E-state index in [2.05, 4.69) is 0 Å². The van der Waals surface area contributed by atoms with Crippen LogP contribution in [0.3, 0.4) is 0 Å². The highest BCUT2D eigenvalue weighted by Gasteiger charge is 2.39. The maximum Gasteiger partial charge on any atom is 0.310 e. The first-order valence-electron chi connectivity index (χ1n) is 7.32. The van der Waals surface area contributed by atoms with Crippen molar-refractivity contribution in [2.75, 3.05) is 26.8 Å². The molecule has 0 radical (unpaired) electrons. The van der Waals surface area contributed by atoms with Gasteiger partial charge in [-0.1, -0.05) is 13.8 Å². The number of nitrogens with zero attached hydrogens (tertiary/aromatic N) is 1. The van der Waals surface area contributed by atoms with E-state index >= 15 is 0 Å². The lowest BCUT2D eigenvalue weighted by atomic mass is 9.76. The van der Waals surface area contributed by atoms with Crippen LogP contribution in [0.2, 0.25) is 0 Å². The Hall–Kier alpha value is -1.10. The van der Waals surface area contributed by atoms with Gasteiger partial charge < -0.3 is 14.7 Å². The van der Waals surface area contributed by atoms with E-state index in [1.165, 1.54) is 0 Å². The zero-order valence-electron chi connectivity index (χ0n) is 13.0. The van der Waals surface area contributed by atoms with Crippen LogP contribution in [-0.2, 0) is 14.3 Å². The Morgan fingerprint density at radius 2 is 2.10 bits per heavy atom. The first kappa shape index (κ1) is 17.0. The number of ether oxygens (including phenoxy) is 1. The summed E-state index contributed by atoms with van der Waals surface area (Å²) >= 11 is 0. The Labute approximate surface area is 121 Å². The summed E-state index contributed by atoms with van der Waals surface area (Å²) in [5.74, 6) is -0.729. The van der Waals surface area contributed by atoms with Crippen molar-refractivity contribution in [3.63, 3.8) is 0 Å². The number of carboxylic acid groups (broad SMARTS) is 1. The molecule has 116 valence electrons. The molecule has 0 aromatic rings. The molecule has 0 aromatic carbocycles. The third-order valence-electron chi connectivity index (χ3n) is 4.49. The second kappa shape index (κ2) is 7.07. The average molecular weight is 285 g/mol. The molecule has 0 spiro atoms. The van der Waals surface area contributed by atoms with E-state index in [4.69, 9.17) is 4.74 Å². The second-order valence-corrected chi connectivity index (χ2v) is 6.41. The highest BCUT2D eigenvalue weighted by molar-refractivity contribution is 5.84.